The number of aromatic nitrogens is 2. The molecule has 0 unspecified atom stereocenters. The summed E-state index contributed by atoms with van der Waals surface area (Å²) >= 11 is 5.87. The van der Waals surface area contributed by atoms with Crippen molar-refractivity contribution in [3.05, 3.63) is 51.6 Å². The molecule has 0 aliphatic rings. The zero-order valence-corrected chi connectivity index (χ0v) is 13.3. The second-order valence-electron chi connectivity index (χ2n) is 4.96. The van der Waals surface area contributed by atoms with Crippen LogP contribution in [0.5, 0.6) is 0 Å². The molecule has 1 heterocycles. The highest BCUT2D eigenvalue weighted by Gasteiger charge is 2.31. The van der Waals surface area contributed by atoms with E-state index in [1.807, 2.05) is 0 Å². The van der Waals surface area contributed by atoms with Crippen molar-refractivity contribution in [3.8, 4) is 0 Å². The minimum Gasteiger partial charge on any atom is -0.321 e. The number of nitrogens with zero attached hydrogens (tertiary/aromatic N) is 2. The summed E-state index contributed by atoms with van der Waals surface area (Å²) in [5.41, 5.74) is 0.0759. The van der Waals surface area contributed by atoms with Crippen molar-refractivity contribution in [2.75, 3.05) is 5.32 Å². The van der Waals surface area contributed by atoms with Gasteiger partial charge in [-0.15, -0.1) is 0 Å². The number of hydrogen-bond donors (Lipinski definition) is 1. The number of aryl methyl sites for hydroxylation is 3. The molecule has 0 saturated carbocycles. The normalized spacial score (nSPS) is 11.4. The van der Waals surface area contributed by atoms with Crippen molar-refractivity contribution in [2.45, 2.75) is 26.9 Å². The number of alkyl halides is 3. The van der Waals surface area contributed by atoms with Gasteiger partial charge in [0, 0.05) is 0 Å². The van der Waals surface area contributed by atoms with Crippen LogP contribution in [0.25, 0.3) is 0 Å². The van der Waals surface area contributed by atoms with Gasteiger partial charge in [0.2, 0.25) is 0 Å². The maximum atomic E-state index is 12.8. The molecule has 1 N–H and O–H groups in total. The largest absolute Gasteiger partial charge is 0.416 e. The summed E-state index contributed by atoms with van der Waals surface area (Å²) in [6.07, 6.45) is -4.52. The fourth-order valence-electron chi connectivity index (χ4n) is 2.19. The third kappa shape index (κ3) is 3.79. The molecule has 0 aliphatic heterocycles. The Balaban J connectivity index is 2.38. The third-order valence-corrected chi connectivity index (χ3v) is 3.48. The summed E-state index contributed by atoms with van der Waals surface area (Å²) in [6.45, 7) is 4.94. The van der Waals surface area contributed by atoms with E-state index >= 15 is 0 Å². The van der Waals surface area contributed by atoms with E-state index in [1.165, 1.54) is 0 Å². The molecule has 23 heavy (non-hydrogen) atoms. The molecule has 1 aromatic heterocycles. The quantitative estimate of drug-likeness (QED) is 0.883. The van der Waals surface area contributed by atoms with Gasteiger partial charge >= 0.3 is 6.18 Å². The maximum Gasteiger partial charge on any atom is 0.416 e. The summed E-state index contributed by atoms with van der Waals surface area (Å²) in [7, 11) is 0. The molecule has 0 bridgehead atoms. The van der Waals surface area contributed by atoms with Gasteiger partial charge in [-0.3, -0.25) is 4.79 Å². The van der Waals surface area contributed by atoms with E-state index in [0.29, 0.717) is 17.2 Å². The average molecular weight is 344 g/mol. The summed E-state index contributed by atoms with van der Waals surface area (Å²) in [6, 6.07) is 2.73. The zero-order valence-electron chi connectivity index (χ0n) is 12.5. The van der Waals surface area contributed by atoms with E-state index in [4.69, 9.17) is 11.6 Å². The highest BCUT2D eigenvalue weighted by Crippen LogP contribution is 2.34. The minimum atomic E-state index is -4.52. The Morgan fingerprint density at radius 3 is 2.22 bits per heavy atom. The molecule has 2 rings (SSSR count). The first-order valence-corrected chi connectivity index (χ1v) is 6.97. The van der Waals surface area contributed by atoms with Crippen molar-refractivity contribution in [3.63, 3.8) is 0 Å². The van der Waals surface area contributed by atoms with Crippen molar-refractivity contribution in [1.82, 2.24) is 9.97 Å². The Kier molecular flexibility index (Phi) is 4.61. The summed E-state index contributed by atoms with van der Waals surface area (Å²) in [5.74, 6) is -0.102. The van der Waals surface area contributed by atoms with Gasteiger partial charge in [-0.05, 0) is 39.0 Å². The van der Waals surface area contributed by atoms with E-state index < -0.39 is 17.6 Å². The van der Waals surface area contributed by atoms with Gasteiger partial charge in [-0.1, -0.05) is 11.6 Å². The second kappa shape index (κ2) is 6.16. The van der Waals surface area contributed by atoms with Crippen LogP contribution >= 0.6 is 11.6 Å². The van der Waals surface area contributed by atoms with E-state index in [9.17, 15) is 18.0 Å². The lowest BCUT2D eigenvalue weighted by molar-refractivity contribution is -0.137. The number of carbonyl (C=O) groups is 1. The molecule has 2 aromatic rings. The van der Waals surface area contributed by atoms with Crippen LogP contribution in [0.3, 0.4) is 0 Å². The van der Waals surface area contributed by atoms with Crippen LogP contribution in [-0.4, -0.2) is 15.9 Å². The molecule has 4 nitrogen and oxygen atoms in total. The Labute approximate surface area is 135 Å². The highest BCUT2D eigenvalue weighted by atomic mass is 35.5. The Hall–Kier alpha value is -2.15. The van der Waals surface area contributed by atoms with E-state index in [1.54, 1.807) is 20.8 Å². The summed E-state index contributed by atoms with van der Waals surface area (Å²) < 4.78 is 38.3. The predicted octanol–water partition coefficient (Wildman–Crippen LogP) is 4.33. The van der Waals surface area contributed by atoms with Gasteiger partial charge in [0.05, 0.1) is 33.2 Å². The van der Waals surface area contributed by atoms with Crippen LogP contribution in [0, 0.1) is 20.8 Å². The van der Waals surface area contributed by atoms with Crippen LogP contribution in [-0.2, 0) is 6.18 Å². The fourth-order valence-corrected chi connectivity index (χ4v) is 2.36. The number of benzene rings is 1. The Morgan fingerprint density at radius 1 is 1.13 bits per heavy atom. The number of anilines is 1. The van der Waals surface area contributed by atoms with Crippen LogP contribution in [0.4, 0.5) is 18.9 Å². The van der Waals surface area contributed by atoms with Crippen LogP contribution in [0.2, 0.25) is 5.02 Å². The third-order valence-electron chi connectivity index (χ3n) is 3.15. The standard InChI is InChI=1S/C15H13ClF3N3O/c1-7-13(8(2)21-9(3)20-7)14(23)22-12-6-10(15(17,18)19)4-5-11(12)16/h4-6H,1-3H3,(H,22,23). The maximum absolute atomic E-state index is 12.8. The van der Waals surface area contributed by atoms with Crippen molar-refractivity contribution in [1.29, 1.82) is 0 Å². The molecule has 0 aliphatic carbocycles. The fraction of sp³-hybridized carbons (Fsp3) is 0.267. The Morgan fingerprint density at radius 2 is 1.70 bits per heavy atom. The number of carbonyl (C=O) groups excluding carboxylic acids is 1. The first kappa shape index (κ1) is 17.2. The SMILES string of the molecule is Cc1nc(C)c(C(=O)Nc2cc(C(F)(F)F)ccc2Cl)c(C)n1. The molecule has 0 saturated heterocycles. The number of rotatable bonds is 2. The average Bonchev–Trinajstić information content (AvgIpc) is 2.38. The molecule has 122 valence electrons. The van der Waals surface area contributed by atoms with Gasteiger partial charge < -0.3 is 5.32 Å². The van der Waals surface area contributed by atoms with Crippen molar-refractivity contribution >= 4 is 23.2 Å². The molecular weight excluding hydrogens is 331 g/mol. The van der Waals surface area contributed by atoms with Gasteiger partial charge in [0.1, 0.15) is 5.82 Å². The van der Waals surface area contributed by atoms with Crippen molar-refractivity contribution < 1.29 is 18.0 Å². The lowest BCUT2D eigenvalue weighted by Gasteiger charge is -2.13. The highest BCUT2D eigenvalue weighted by molar-refractivity contribution is 6.34. The molecule has 0 atom stereocenters. The number of nitrogens with one attached hydrogen (secondary N) is 1. The molecule has 1 aromatic carbocycles. The minimum absolute atomic E-state index is 0.00897. The first-order chi connectivity index (χ1) is 10.6. The molecule has 0 spiro atoms. The lowest BCUT2D eigenvalue weighted by Crippen LogP contribution is -2.18. The van der Waals surface area contributed by atoms with E-state index in [0.717, 1.165) is 18.2 Å². The Bertz CT molecular complexity index is 752. The predicted molar refractivity (Wildman–Crippen MR) is 80.7 cm³/mol. The van der Waals surface area contributed by atoms with Gasteiger partial charge in [-0.25, -0.2) is 9.97 Å². The molecule has 1 amide bonds. The zero-order chi connectivity index (χ0) is 17.4. The van der Waals surface area contributed by atoms with E-state index in [2.05, 4.69) is 15.3 Å². The van der Waals surface area contributed by atoms with Crippen LogP contribution < -0.4 is 5.32 Å². The first-order valence-electron chi connectivity index (χ1n) is 6.59. The number of halogens is 4. The van der Waals surface area contributed by atoms with Gasteiger partial charge in [0.15, 0.2) is 0 Å². The molecule has 0 fully saturated rings. The van der Waals surface area contributed by atoms with Gasteiger partial charge in [-0.2, -0.15) is 13.2 Å². The smallest absolute Gasteiger partial charge is 0.321 e. The summed E-state index contributed by atoms with van der Waals surface area (Å²) in [5, 5.41) is 2.40. The van der Waals surface area contributed by atoms with Crippen molar-refractivity contribution in [2.24, 2.45) is 0 Å². The van der Waals surface area contributed by atoms with Crippen LogP contribution in [0.15, 0.2) is 18.2 Å². The molecular formula is C15H13ClF3N3O. The summed E-state index contributed by atoms with van der Waals surface area (Å²) in [4.78, 5) is 20.5. The molecule has 0 radical (unpaired) electrons. The molecule has 8 heteroatoms. The van der Waals surface area contributed by atoms with Gasteiger partial charge in [0.25, 0.3) is 5.91 Å². The van der Waals surface area contributed by atoms with Crippen LogP contribution in [0.1, 0.15) is 33.1 Å². The second-order valence-corrected chi connectivity index (χ2v) is 5.37. The topological polar surface area (TPSA) is 54.9 Å². The monoisotopic (exact) mass is 343 g/mol. The van der Waals surface area contributed by atoms with E-state index in [-0.39, 0.29) is 16.3 Å². The number of hydrogen-bond acceptors (Lipinski definition) is 3. The number of amides is 1. The lowest BCUT2D eigenvalue weighted by atomic mass is 10.1.